The maximum Gasteiger partial charge on any atom is 0.435 e. The lowest BCUT2D eigenvalue weighted by molar-refractivity contribution is -0.141. The van der Waals surface area contributed by atoms with E-state index in [2.05, 4.69) is 15.4 Å². The predicted molar refractivity (Wildman–Crippen MR) is 83.0 cm³/mol. The summed E-state index contributed by atoms with van der Waals surface area (Å²) < 4.78 is 66.4. The van der Waals surface area contributed by atoms with Crippen molar-refractivity contribution in [3.8, 4) is 10.6 Å². The SMILES string of the molecule is Cn1nc(C(F)(F)F)cc1-c1ccc(NCc2c(F)cncc2F)s1. The number of hydrogen-bond donors (Lipinski definition) is 1. The van der Waals surface area contributed by atoms with Crippen LogP contribution in [0.1, 0.15) is 11.3 Å². The monoisotopic (exact) mass is 374 g/mol. The van der Waals surface area contributed by atoms with Gasteiger partial charge in [0.25, 0.3) is 0 Å². The molecule has 0 saturated heterocycles. The van der Waals surface area contributed by atoms with Crippen LogP contribution in [0.2, 0.25) is 0 Å². The maximum absolute atomic E-state index is 13.5. The van der Waals surface area contributed by atoms with Gasteiger partial charge in [0.15, 0.2) is 5.69 Å². The number of halogens is 5. The zero-order valence-electron chi connectivity index (χ0n) is 12.7. The van der Waals surface area contributed by atoms with E-state index in [9.17, 15) is 22.0 Å². The van der Waals surface area contributed by atoms with Gasteiger partial charge in [0.05, 0.1) is 28.0 Å². The van der Waals surface area contributed by atoms with Crippen LogP contribution in [0.3, 0.4) is 0 Å². The van der Waals surface area contributed by atoms with Crippen LogP contribution in [0.25, 0.3) is 10.6 Å². The molecule has 0 aliphatic rings. The van der Waals surface area contributed by atoms with Crippen molar-refractivity contribution < 1.29 is 22.0 Å². The van der Waals surface area contributed by atoms with Crippen molar-refractivity contribution in [3.05, 3.63) is 53.5 Å². The van der Waals surface area contributed by atoms with Gasteiger partial charge in [0.1, 0.15) is 11.6 Å². The molecular formula is C15H11F5N4S. The summed E-state index contributed by atoms with van der Waals surface area (Å²) in [4.78, 5) is 3.94. The van der Waals surface area contributed by atoms with E-state index in [0.29, 0.717) is 15.6 Å². The lowest BCUT2D eigenvalue weighted by atomic mass is 10.2. The average Bonchev–Trinajstić information content (AvgIpc) is 3.12. The fourth-order valence-electron chi connectivity index (χ4n) is 2.19. The molecule has 0 unspecified atom stereocenters. The van der Waals surface area contributed by atoms with Crippen LogP contribution in [0.15, 0.2) is 30.6 Å². The van der Waals surface area contributed by atoms with Crippen LogP contribution in [-0.2, 0) is 19.8 Å². The summed E-state index contributed by atoms with van der Waals surface area (Å²) in [6.45, 7) is -0.112. The zero-order valence-corrected chi connectivity index (χ0v) is 13.6. The van der Waals surface area contributed by atoms with E-state index in [-0.39, 0.29) is 12.1 Å². The summed E-state index contributed by atoms with van der Waals surface area (Å²) in [5.74, 6) is -1.54. The quantitative estimate of drug-likeness (QED) is 0.686. The molecule has 0 radical (unpaired) electrons. The number of hydrogen-bond acceptors (Lipinski definition) is 4. The molecule has 3 heterocycles. The molecule has 3 rings (SSSR count). The third-order valence-corrected chi connectivity index (χ3v) is 4.49. The fourth-order valence-corrected chi connectivity index (χ4v) is 3.14. The molecule has 0 spiro atoms. The number of alkyl halides is 3. The molecule has 132 valence electrons. The first kappa shape index (κ1) is 17.3. The van der Waals surface area contributed by atoms with Crippen molar-refractivity contribution in [2.75, 3.05) is 5.32 Å². The predicted octanol–water partition coefficient (Wildman–Crippen LogP) is 4.45. The Morgan fingerprint density at radius 2 is 1.84 bits per heavy atom. The minimum absolute atomic E-state index is 0.112. The van der Waals surface area contributed by atoms with E-state index >= 15 is 0 Å². The average molecular weight is 374 g/mol. The molecule has 0 aliphatic carbocycles. The molecule has 3 aromatic rings. The van der Waals surface area contributed by atoms with E-state index in [1.54, 1.807) is 12.1 Å². The Labute approximate surface area is 142 Å². The highest BCUT2D eigenvalue weighted by molar-refractivity contribution is 7.19. The largest absolute Gasteiger partial charge is 0.435 e. The number of aromatic nitrogens is 3. The lowest BCUT2D eigenvalue weighted by Gasteiger charge is -2.05. The van der Waals surface area contributed by atoms with Gasteiger partial charge in [-0.3, -0.25) is 9.67 Å². The van der Waals surface area contributed by atoms with Gasteiger partial charge < -0.3 is 5.32 Å². The lowest BCUT2D eigenvalue weighted by Crippen LogP contribution is -2.06. The molecule has 3 aromatic heterocycles. The highest BCUT2D eigenvalue weighted by atomic mass is 32.1. The van der Waals surface area contributed by atoms with Crippen LogP contribution in [0.4, 0.5) is 27.0 Å². The molecule has 0 fully saturated rings. The molecule has 0 aromatic carbocycles. The van der Waals surface area contributed by atoms with Gasteiger partial charge in [-0.1, -0.05) is 0 Å². The second-order valence-electron chi connectivity index (χ2n) is 5.14. The molecule has 0 amide bonds. The van der Waals surface area contributed by atoms with Gasteiger partial charge in [-0.25, -0.2) is 8.78 Å². The number of rotatable bonds is 4. The second-order valence-corrected chi connectivity index (χ2v) is 6.22. The van der Waals surface area contributed by atoms with Crippen molar-refractivity contribution in [1.29, 1.82) is 0 Å². The van der Waals surface area contributed by atoms with Gasteiger partial charge in [0, 0.05) is 19.2 Å². The first-order chi connectivity index (χ1) is 11.8. The third-order valence-electron chi connectivity index (χ3n) is 3.42. The minimum atomic E-state index is -4.52. The van der Waals surface area contributed by atoms with Gasteiger partial charge in [0.2, 0.25) is 0 Å². The Bertz CT molecular complexity index is 879. The topological polar surface area (TPSA) is 42.7 Å². The van der Waals surface area contributed by atoms with Crippen LogP contribution in [-0.4, -0.2) is 14.8 Å². The molecule has 0 aliphatic heterocycles. The highest BCUT2D eigenvalue weighted by Crippen LogP contribution is 2.35. The zero-order chi connectivity index (χ0) is 18.2. The molecule has 0 bridgehead atoms. The summed E-state index contributed by atoms with van der Waals surface area (Å²) in [7, 11) is 1.42. The summed E-state index contributed by atoms with van der Waals surface area (Å²) in [6.07, 6.45) is -2.70. The normalized spacial score (nSPS) is 11.8. The standard InChI is InChI=1S/C15H11F5N4S/c1-24-11(4-13(23-24)15(18,19)20)12-2-3-14(25-12)22-5-8-9(16)6-21-7-10(8)17/h2-4,6-7,22H,5H2,1H3. The number of aryl methyl sites for hydroxylation is 1. The minimum Gasteiger partial charge on any atom is -0.373 e. The van der Waals surface area contributed by atoms with E-state index in [0.717, 1.165) is 34.5 Å². The maximum atomic E-state index is 13.5. The van der Waals surface area contributed by atoms with Crippen molar-refractivity contribution in [2.24, 2.45) is 7.05 Å². The number of nitrogens with zero attached hydrogens (tertiary/aromatic N) is 3. The Balaban J connectivity index is 1.78. The molecule has 0 saturated carbocycles. The molecule has 4 nitrogen and oxygen atoms in total. The Morgan fingerprint density at radius 3 is 2.44 bits per heavy atom. The van der Waals surface area contributed by atoms with E-state index in [4.69, 9.17) is 0 Å². The number of thiophene rings is 1. The summed E-state index contributed by atoms with van der Waals surface area (Å²) in [5.41, 5.74) is -0.842. The first-order valence-corrected chi connectivity index (χ1v) is 7.80. The molecule has 10 heteroatoms. The smallest absolute Gasteiger partial charge is 0.373 e. The Kier molecular flexibility index (Phi) is 4.46. The van der Waals surface area contributed by atoms with Crippen LogP contribution in [0.5, 0.6) is 0 Å². The highest BCUT2D eigenvalue weighted by Gasteiger charge is 2.34. The van der Waals surface area contributed by atoms with Crippen molar-refractivity contribution in [3.63, 3.8) is 0 Å². The first-order valence-electron chi connectivity index (χ1n) is 6.99. The van der Waals surface area contributed by atoms with Crippen LogP contribution in [0, 0.1) is 11.6 Å². The number of anilines is 1. The summed E-state index contributed by atoms with van der Waals surface area (Å²) in [6, 6.07) is 4.19. The van der Waals surface area contributed by atoms with Gasteiger partial charge in [-0.15, -0.1) is 11.3 Å². The van der Waals surface area contributed by atoms with Crippen LogP contribution < -0.4 is 5.32 Å². The van der Waals surface area contributed by atoms with Crippen molar-refractivity contribution in [2.45, 2.75) is 12.7 Å². The fraction of sp³-hybridized carbons (Fsp3) is 0.200. The summed E-state index contributed by atoms with van der Waals surface area (Å²) in [5, 5.41) is 6.86. The van der Waals surface area contributed by atoms with Crippen molar-refractivity contribution >= 4 is 16.3 Å². The summed E-state index contributed by atoms with van der Waals surface area (Å²) >= 11 is 1.16. The van der Waals surface area contributed by atoms with E-state index in [1.165, 1.54) is 7.05 Å². The molecule has 1 N–H and O–H groups in total. The molecule has 0 atom stereocenters. The van der Waals surface area contributed by atoms with Gasteiger partial charge in [-0.05, 0) is 18.2 Å². The van der Waals surface area contributed by atoms with Gasteiger partial charge >= 0.3 is 6.18 Å². The Morgan fingerprint density at radius 1 is 1.16 bits per heavy atom. The number of pyridine rings is 1. The third kappa shape index (κ3) is 3.63. The van der Waals surface area contributed by atoms with E-state index < -0.39 is 23.5 Å². The van der Waals surface area contributed by atoms with Crippen LogP contribution >= 0.6 is 11.3 Å². The molecule has 25 heavy (non-hydrogen) atoms. The van der Waals surface area contributed by atoms with Crippen molar-refractivity contribution in [1.82, 2.24) is 14.8 Å². The van der Waals surface area contributed by atoms with E-state index in [1.807, 2.05) is 0 Å². The Hall–Kier alpha value is -2.49. The number of nitrogens with one attached hydrogen (secondary N) is 1. The second kappa shape index (κ2) is 6.43. The molecular weight excluding hydrogens is 363 g/mol. The van der Waals surface area contributed by atoms with Gasteiger partial charge in [-0.2, -0.15) is 18.3 Å².